The summed E-state index contributed by atoms with van der Waals surface area (Å²) in [4.78, 5) is 14.4. The largest absolute Gasteiger partial charge is 0.393 e. The number of rotatable bonds is 2. The maximum Gasteiger partial charge on any atom is 0.224 e. The molecular weight excluding hydrogens is 216 g/mol. The van der Waals surface area contributed by atoms with Crippen LogP contribution >= 0.6 is 0 Å². The van der Waals surface area contributed by atoms with Crippen LogP contribution in [0.15, 0.2) is 0 Å². The number of aliphatic hydroxyl groups excluding tert-OH is 1. The summed E-state index contributed by atoms with van der Waals surface area (Å²) in [6.07, 6.45) is 6.57. The Kier molecular flexibility index (Phi) is 3.09. The summed E-state index contributed by atoms with van der Waals surface area (Å²) in [7, 11) is 0. The second-order valence-corrected chi connectivity index (χ2v) is 5.81. The predicted octanol–water partition coefficient (Wildman–Crippen LogP) is 0.643. The van der Waals surface area contributed by atoms with E-state index in [1.54, 1.807) is 0 Å². The van der Waals surface area contributed by atoms with Crippen molar-refractivity contribution in [1.29, 1.82) is 0 Å². The molecule has 2 bridgehead atoms. The minimum Gasteiger partial charge on any atom is -0.393 e. The summed E-state index contributed by atoms with van der Waals surface area (Å²) in [5.74, 6) is 0.309. The molecule has 4 nitrogen and oxygen atoms in total. The first-order chi connectivity index (χ1) is 8.24. The molecule has 0 saturated carbocycles. The maximum absolute atomic E-state index is 12.3. The van der Waals surface area contributed by atoms with Crippen molar-refractivity contribution in [3.63, 3.8) is 0 Å². The van der Waals surface area contributed by atoms with Gasteiger partial charge in [0.05, 0.1) is 6.10 Å². The fraction of sp³-hybridized carbons (Fsp3) is 0.923. The number of carbonyl (C=O) groups is 1. The van der Waals surface area contributed by atoms with Crippen molar-refractivity contribution in [2.45, 2.75) is 69.2 Å². The molecule has 0 spiro atoms. The molecule has 1 amide bonds. The van der Waals surface area contributed by atoms with Crippen molar-refractivity contribution in [3.8, 4) is 0 Å². The van der Waals surface area contributed by atoms with E-state index in [0.717, 1.165) is 38.6 Å². The summed E-state index contributed by atoms with van der Waals surface area (Å²) >= 11 is 0. The molecule has 3 aliphatic rings. The minimum absolute atomic E-state index is 0.179. The van der Waals surface area contributed by atoms with Gasteiger partial charge >= 0.3 is 0 Å². The van der Waals surface area contributed by atoms with Crippen molar-refractivity contribution >= 4 is 5.91 Å². The van der Waals surface area contributed by atoms with Crippen molar-refractivity contribution in [2.24, 2.45) is 0 Å². The van der Waals surface area contributed by atoms with Crippen molar-refractivity contribution < 1.29 is 9.90 Å². The third-order valence-electron chi connectivity index (χ3n) is 4.58. The van der Waals surface area contributed by atoms with Gasteiger partial charge in [-0.3, -0.25) is 4.79 Å². The highest BCUT2D eigenvalue weighted by Crippen LogP contribution is 2.36. The second-order valence-electron chi connectivity index (χ2n) is 5.81. The summed E-state index contributed by atoms with van der Waals surface area (Å²) < 4.78 is 0. The highest BCUT2D eigenvalue weighted by Gasteiger charge is 2.42. The van der Waals surface area contributed by atoms with E-state index in [1.807, 2.05) is 0 Å². The van der Waals surface area contributed by atoms with E-state index >= 15 is 0 Å². The van der Waals surface area contributed by atoms with Gasteiger partial charge in [-0.2, -0.15) is 0 Å². The molecule has 3 unspecified atom stereocenters. The molecule has 2 N–H and O–H groups in total. The van der Waals surface area contributed by atoms with Crippen LogP contribution in [0.4, 0.5) is 0 Å². The van der Waals surface area contributed by atoms with Gasteiger partial charge in [-0.05, 0) is 45.1 Å². The van der Waals surface area contributed by atoms with Crippen LogP contribution in [0.1, 0.15) is 44.9 Å². The Bertz CT molecular complexity index is 288. The zero-order valence-corrected chi connectivity index (χ0v) is 10.3. The molecule has 0 aliphatic carbocycles. The minimum atomic E-state index is -0.179. The van der Waals surface area contributed by atoms with E-state index < -0.39 is 0 Å². The first-order valence-corrected chi connectivity index (χ1v) is 6.96. The van der Waals surface area contributed by atoms with Crippen LogP contribution in [-0.2, 0) is 4.79 Å². The van der Waals surface area contributed by atoms with Crippen LogP contribution in [0, 0.1) is 0 Å². The summed E-state index contributed by atoms with van der Waals surface area (Å²) in [6.45, 7) is 1.06. The van der Waals surface area contributed by atoms with Crippen molar-refractivity contribution in [1.82, 2.24) is 10.2 Å². The summed E-state index contributed by atoms with van der Waals surface area (Å²) in [5.41, 5.74) is 0. The Morgan fingerprint density at radius 2 is 1.94 bits per heavy atom. The van der Waals surface area contributed by atoms with E-state index in [2.05, 4.69) is 10.2 Å². The number of nitrogens with one attached hydrogen (secondary N) is 1. The van der Waals surface area contributed by atoms with Crippen molar-refractivity contribution in [3.05, 3.63) is 0 Å². The first-order valence-electron chi connectivity index (χ1n) is 6.96. The zero-order valence-electron chi connectivity index (χ0n) is 10.3. The van der Waals surface area contributed by atoms with Gasteiger partial charge in [0.1, 0.15) is 0 Å². The quantitative estimate of drug-likeness (QED) is 0.742. The molecule has 0 aromatic heterocycles. The van der Waals surface area contributed by atoms with Crippen LogP contribution in [0.2, 0.25) is 0 Å². The lowest BCUT2D eigenvalue weighted by Gasteiger charge is -2.37. The smallest absolute Gasteiger partial charge is 0.224 e. The van der Waals surface area contributed by atoms with Gasteiger partial charge in [0.25, 0.3) is 0 Å². The van der Waals surface area contributed by atoms with E-state index in [0.29, 0.717) is 30.5 Å². The molecule has 0 radical (unpaired) electrons. The number of fused-ring (bicyclic) bond motifs is 2. The molecule has 4 heteroatoms. The number of hydrogen-bond donors (Lipinski definition) is 2. The van der Waals surface area contributed by atoms with Gasteiger partial charge in [0, 0.05) is 24.5 Å². The maximum atomic E-state index is 12.3. The SMILES string of the molecule is O=C(CC1CCCN1)N1C2CCC1CC(O)C2. The Morgan fingerprint density at radius 3 is 2.53 bits per heavy atom. The van der Waals surface area contributed by atoms with E-state index in [1.165, 1.54) is 6.42 Å². The number of nitrogens with zero attached hydrogens (tertiary/aromatic N) is 1. The Balaban J connectivity index is 1.62. The zero-order chi connectivity index (χ0) is 11.8. The molecule has 96 valence electrons. The lowest BCUT2D eigenvalue weighted by Crippen LogP contribution is -2.49. The topological polar surface area (TPSA) is 52.6 Å². The number of hydrogen-bond acceptors (Lipinski definition) is 3. The third kappa shape index (κ3) is 2.20. The van der Waals surface area contributed by atoms with Gasteiger partial charge < -0.3 is 15.3 Å². The normalized spacial score (nSPS) is 40.9. The number of piperidine rings is 1. The molecule has 3 fully saturated rings. The van der Waals surface area contributed by atoms with Gasteiger partial charge in [-0.25, -0.2) is 0 Å². The van der Waals surface area contributed by atoms with Crippen LogP contribution in [-0.4, -0.2) is 46.7 Å². The molecule has 3 rings (SSSR count). The molecule has 0 aromatic carbocycles. The number of amides is 1. The number of carbonyl (C=O) groups excluding carboxylic acids is 1. The molecular formula is C13H22N2O2. The van der Waals surface area contributed by atoms with Crippen LogP contribution in [0.5, 0.6) is 0 Å². The van der Waals surface area contributed by atoms with E-state index in [4.69, 9.17) is 0 Å². The van der Waals surface area contributed by atoms with E-state index in [9.17, 15) is 9.90 Å². The highest BCUT2D eigenvalue weighted by molar-refractivity contribution is 5.78. The molecule has 0 aromatic rings. The predicted molar refractivity (Wildman–Crippen MR) is 64.5 cm³/mol. The monoisotopic (exact) mass is 238 g/mol. The van der Waals surface area contributed by atoms with E-state index in [-0.39, 0.29) is 6.10 Å². The third-order valence-corrected chi connectivity index (χ3v) is 4.58. The van der Waals surface area contributed by atoms with Gasteiger partial charge in [-0.1, -0.05) is 0 Å². The average molecular weight is 238 g/mol. The Hall–Kier alpha value is -0.610. The van der Waals surface area contributed by atoms with Gasteiger partial charge in [-0.15, -0.1) is 0 Å². The molecule has 3 atom stereocenters. The second kappa shape index (κ2) is 4.58. The highest BCUT2D eigenvalue weighted by atomic mass is 16.3. The lowest BCUT2D eigenvalue weighted by atomic mass is 9.98. The molecule has 3 heterocycles. The summed E-state index contributed by atoms with van der Waals surface area (Å²) in [5, 5.41) is 13.1. The van der Waals surface area contributed by atoms with Crippen LogP contribution in [0.25, 0.3) is 0 Å². The van der Waals surface area contributed by atoms with Crippen LogP contribution < -0.4 is 5.32 Å². The fourth-order valence-corrected chi connectivity index (χ4v) is 3.80. The number of aliphatic hydroxyl groups is 1. The Labute approximate surface area is 102 Å². The Morgan fingerprint density at radius 1 is 1.24 bits per heavy atom. The lowest BCUT2D eigenvalue weighted by molar-refractivity contribution is -0.137. The first kappa shape index (κ1) is 11.5. The summed E-state index contributed by atoms with van der Waals surface area (Å²) in [6, 6.07) is 1.03. The molecule has 17 heavy (non-hydrogen) atoms. The fourth-order valence-electron chi connectivity index (χ4n) is 3.80. The molecule has 3 saturated heterocycles. The standard InChI is InChI=1S/C13H22N2O2/c16-12-7-10-3-4-11(8-12)15(10)13(17)6-9-2-1-5-14-9/h9-12,14,16H,1-8H2. The van der Waals surface area contributed by atoms with Crippen LogP contribution in [0.3, 0.4) is 0 Å². The average Bonchev–Trinajstić information content (AvgIpc) is 2.86. The van der Waals surface area contributed by atoms with Gasteiger partial charge in [0.2, 0.25) is 5.91 Å². The van der Waals surface area contributed by atoms with Gasteiger partial charge in [0.15, 0.2) is 0 Å². The van der Waals surface area contributed by atoms with Crippen molar-refractivity contribution in [2.75, 3.05) is 6.54 Å². The molecule has 3 aliphatic heterocycles.